The van der Waals surface area contributed by atoms with Crippen LogP contribution in [0.1, 0.15) is 5.56 Å². The maximum absolute atomic E-state index is 11.5. The van der Waals surface area contributed by atoms with Crippen LogP contribution in [0.3, 0.4) is 0 Å². The Morgan fingerprint density at radius 2 is 2.06 bits per heavy atom. The molecule has 0 saturated heterocycles. The molecular formula is C10H6Cl2N2O2S. The van der Waals surface area contributed by atoms with E-state index in [1.54, 1.807) is 18.2 Å². The first-order chi connectivity index (χ1) is 8.08. The summed E-state index contributed by atoms with van der Waals surface area (Å²) in [5, 5.41) is 0.480. The van der Waals surface area contributed by atoms with Crippen molar-refractivity contribution in [2.45, 2.75) is 6.92 Å². The van der Waals surface area contributed by atoms with Crippen LogP contribution in [0, 0.1) is 6.92 Å². The van der Waals surface area contributed by atoms with Crippen molar-refractivity contribution in [2.75, 3.05) is 0 Å². The SMILES string of the molecule is Cc1cc(Oc2nsnc(Cl)c2=O)ccc1Cl. The number of rotatable bonds is 2. The average Bonchev–Trinajstić information content (AvgIpc) is 2.30. The fourth-order valence-electron chi connectivity index (χ4n) is 1.12. The van der Waals surface area contributed by atoms with E-state index in [1.807, 2.05) is 6.92 Å². The molecule has 1 aromatic carbocycles. The van der Waals surface area contributed by atoms with Crippen molar-refractivity contribution in [1.82, 2.24) is 8.75 Å². The van der Waals surface area contributed by atoms with Gasteiger partial charge >= 0.3 is 0 Å². The van der Waals surface area contributed by atoms with Crippen molar-refractivity contribution in [1.29, 1.82) is 0 Å². The van der Waals surface area contributed by atoms with Gasteiger partial charge < -0.3 is 4.74 Å². The second-order valence-corrected chi connectivity index (χ2v) is 4.50. The van der Waals surface area contributed by atoms with Crippen LogP contribution in [0.4, 0.5) is 0 Å². The molecule has 2 aromatic rings. The second-order valence-electron chi connectivity index (χ2n) is 3.20. The van der Waals surface area contributed by atoms with Gasteiger partial charge in [0.2, 0.25) is 0 Å². The lowest BCUT2D eigenvalue weighted by molar-refractivity contribution is 0.462. The van der Waals surface area contributed by atoms with Crippen LogP contribution in [0.25, 0.3) is 0 Å². The highest BCUT2D eigenvalue weighted by atomic mass is 35.5. The van der Waals surface area contributed by atoms with Gasteiger partial charge in [0.05, 0.1) is 11.7 Å². The van der Waals surface area contributed by atoms with E-state index in [1.165, 1.54) is 0 Å². The fourth-order valence-corrected chi connectivity index (χ4v) is 1.80. The smallest absolute Gasteiger partial charge is 0.283 e. The number of aromatic nitrogens is 2. The zero-order chi connectivity index (χ0) is 12.4. The molecule has 0 fully saturated rings. The van der Waals surface area contributed by atoms with Gasteiger partial charge in [0, 0.05) is 5.02 Å². The van der Waals surface area contributed by atoms with E-state index in [0.29, 0.717) is 10.8 Å². The number of hydrogen-bond acceptors (Lipinski definition) is 5. The predicted molar refractivity (Wildman–Crippen MR) is 67.5 cm³/mol. The van der Waals surface area contributed by atoms with Crippen molar-refractivity contribution < 1.29 is 4.74 Å². The minimum atomic E-state index is -0.530. The number of aryl methyl sites for hydroxylation is 1. The molecule has 0 spiro atoms. The molecule has 4 nitrogen and oxygen atoms in total. The molecule has 88 valence electrons. The Kier molecular flexibility index (Phi) is 3.61. The largest absolute Gasteiger partial charge is 0.435 e. The zero-order valence-corrected chi connectivity index (χ0v) is 10.9. The molecule has 2 rings (SSSR count). The Morgan fingerprint density at radius 3 is 2.76 bits per heavy atom. The van der Waals surface area contributed by atoms with Crippen molar-refractivity contribution in [3.05, 3.63) is 44.2 Å². The molecule has 0 unspecified atom stereocenters. The molecule has 0 aliphatic carbocycles. The summed E-state index contributed by atoms with van der Waals surface area (Å²) in [5.74, 6) is 0.391. The van der Waals surface area contributed by atoms with E-state index in [4.69, 9.17) is 27.9 Å². The molecule has 0 atom stereocenters. The summed E-state index contributed by atoms with van der Waals surface area (Å²) in [6.07, 6.45) is 0. The van der Waals surface area contributed by atoms with Gasteiger partial charge in [0.25, 0.3) is 11.3 Å². The second kappa shape index (κ2) is 5.00. The van der Waals surface area contributed by atoms with Crippen LogP contribution in [0.2, 0.25) is 10.2 Å². The molecule has 7 heteroatoms. The Morgan fingerprint density at radius 1 is 1.29 bits per heavy atom. The lowest BCUT2D eigenvalue weighted by Crippen LogP contribution is -2.07. The lowest BCUT2D eigenvalue weighted by Gasteiger charge is -2.04. The molecule has 0 N–H and O–H groups in total. The molecule has 1 heterocycles. The highest BCUT2D eigenvalue weighted by Gasteiger charge is 2.09. The van der Waals surface area contributed by atoms with Crippen molar-refractivity contribution in [2.24, 2.45) is 0 Å². The van der Waals surface area contributed by atoms with Crippen LogP contribution in [-0.2, 0) is 0 Å². The normalized spacial score (nSPS) is 10.3. The quantitative estimate of drug-likeness (QED) is 0.851. The molecule has 0 bridgehead atoms. The van der Waals surface area contributed by atoms with E-state index in [9.17, 15) is 4.79 Å². The van der Waals surface area contributed by atoms with Gasteiger partial charge in [-0.3, -0.25) is 4.79 Å². The molecule has 0 radical (unpaired) electrons. The van der Waals surface area contributed by atoms with E-state index in [2.05, 4.69) is 8.75 Å². The topological polar surface area (TPSA) is 52.1 Å². The maximum atomic E-state index is 11.5. The Labute approximate surface area is 111 Å². The van der Waals surface area contributed by atoms with E-state index in [0.717, 1.165) is 17.3 Å². The van der Waals surface area contributed by atoms with Crippen molar-refractivity contribution in [3.63, 3.8) is 0 Å². The monoisotopic (exact) mass is 288 g/mol. The first-order valence-corrected chi connectivity index (χ1v) is 6.03. The maximum Gasteiger partial charge on any atom is 0.283 e. The summed E-state index contributed by atoms with van der Waals surface area (Å²) in [4.78, 5) is 11.5. The molecule has 17 heavy (non-hydrogen) atoms. The van der Waals surface area contributed by atoms with Crippen LogP contribution in [0.15, 0.2) is 23.0 Å². The van der Waals surface area contributed by atoms with Gasteiger partial charge in [0.1, 0.15) is 5.75 Å². The van der Waals surface area contributed by atoms with Gasteiger partial charge in [-0.1, -0.05) is 23.2 Å². The summed E-state index contributed by atoms with van der Waals surface area (Å²) in [7, 11) is 0. The van der Waals surface area contributed by atoms with Gasteiger partial charge in [-0.25, -0.2) is 0 Å². The van der Waals surface area contributed by atoms with Crippen molar-refractivity contribution >= 4 is 34.9 Å². The Balaban J connectivity index is 2.35. The van der Waals surface area contributed by atoms with Gasteiger partial charge in [-0.15, -0.1) is 4.37 Å². The highest BCUT2D eigenvalue weighted by Crippen LogP contribution is 2.23. The summed E-state index contributed by atoms with van der Waals surface area (Å²) in [6.45, 7) is 1.84. The summed E-state index contributed by atoms with van der Waals surface area (Å²) >= 11 is 12.3. The van der Waals surface area contributed by atoms with Crippen molar-refractivity contribution in [3.8, 4) is 11.6 Å². The van der Waals surface area contributed by atoms with Gasteiger partial charge in [0.15, 0.2) is 5.15 Å². The van der Waals surface area contributed by atoms with Crippen LogP contribution in [0.5, 0.6) is 11.6 Å². The molecule has 0 aliphatic rings. The van der Waals surface area contributed by atoms with Gasteiger partial charge in [-0.2, -0.15) is 4.37 Å². The Bertz CT molecular complexity index is 615. The first kappa shape index (κ1) is 12.3. The fraction of sp³-hybridized carbons (Fsp3) is 0.100. The van der Waals surface area contributed by atoms with Crippen LogP contribution < -0.4 is 10.2 Å². The van der Waals surface area contributed by atoms with E-state index in [-0.39, 0.29) is 11.0 Å². The number of halogens is 2. The van der Waals surface area contributed by atoms with E-state index < -0.39 is 5.43 Å². The minimum Gasteiger partial charge on any atom is -0.435 e. The first-order valence-electron chi connectivity index (χ1n) is 4.54. The number of hydrogen-bond donors (Lipinski definition) is 0. The zero-order valence-electron chi connectivity index (χ0n) is 8.61. The number of ether oxygens (including phenoxy) is 1. The third-order valence-electron chi connectivity index (χ3n) is 1.97. The molecular weight excluding hydrogens is 283 g/mol. The minimum absolute atomic E-state index is 0.0864. The van der Waals surface area contributed by atoms with Gasteiger partial charge in [-0.05, 0) is 30.7 Å². The third-order valence-corrected chi connectivity index (χ3v) is 3.26. The van der Waals surface area contributed by atoms with Crippen LogP contribution in [-0.4, -0.2) is 8.75 Å². The van der Waals surface area contributed by atoms with E-state index >= 15 is 0 Å². The molecule has 1 aromatic heterocycles. The number of nitrogens with zero attached hydrogens (tertiary/aromatic N) is 2. The molecule has 0 aliphatic heterocycles. The summed E-state index contributed by atoms with van der Waals surface area (Å²) in [6, 6.07) is 5.04. The summed E-state index contributed by atoms with van der Waals surface area (Å²) < 4.78 is 12.7. The Hall–Kier alpha value is -1.17. The molecule has 0 saturated carbocycles. The highest BCUT2D eigenvalue weighted by molar-refractivity contribution is 6.99. The van der Waals surface area contributed by atoms with Crippen LogP contribution >= 0.6 is 34.9 Å². The third kappa shape index (κ3) is 2.74. The average molecular weight is 289 g/mol. The lowest BCUT2D eigenvalue weighted by atomic mass is 10.2. The standard InChI is InChI=1S/C10H6Cl2N2O2S/c1-5-4-6(2-3-7(5)11)16-10-8(15)9(12)13-17-14-10/h2-4H,1H3. The molecule has 0 amide bonds. The number of benzene rings is 1. The summed E-state index contributed by atoms with van der Waals surface area (Å²) in [5.41, 5.74) is 0.318. The predicted octanol–water partition coefficient (Wildman–Crippen LogP) is 3.31.